The fourth-order valence-corrected chi connectivity index (χ4v) is 3.81. The van der Waals surface area contributed by atoms with E-state index in [2.05, 4.69) is 23.1 Å². The summed E-state index contributed by atoms with van der Waals surface area (Å²) in [6, 6.07) is 15.2. The lowest BCUT2D eigenvalue weighted by Crippen LogP contribution is -2.37. The zero-order valence-corrected chi connectivity index (χ0v) is 13.9. The Labute approximate surface area is 146 Å². The molecule has 1 atom stereocenters. The zero-order valence-electron chi connectivity index (χ0n) is 13.9. The summed E-state index contributed by atoms with van der Waals surface area (Å²) >= 11 is 0. The second-order valence-corrected chi connectivity index (χ2v) is 6.89. The monoisotopic (exact) mass is 336 g/mol. The van der Waals surface area contributed by atoms with E-state index in [9.17, 15) is 14.9 Å². The van der Waals surface area contributed by atoms with Crippen LogP contribution < -0.4 is 0 Å². The average Bonchev–Trinajstić information content (AvgIpc) is 3.35. The van der Waals surface area contributed by atoms with Crippen LogP contribution in [-0.4, -0.2) is 21.8 Å². The fraction of sp³-hybridized carbons (Fsp3) is 0.350. The van der Waals surface area contributed by atoms with E-state index in [1.54, 1.807) is 12.1 Å². The molecule has 0 heterocycles. The van der Waals surface area contributed by atoms with Gasteiger partial charge in [-0.2, -0.15) is 0 Å². The Bertz CT molecular complexity index is 812. The molecule has 5 heteroatoms. The minimum absolute atomic E-state index is 0.0555. The maximum Gasteiger partial charge on any atom is 0.269 e. The molecular formula is C20H20N2O3. The lowest BCUT2D eigenvalue weighted by atomic mass is 10.0. The van der Waals surface area contributed by atoms with Crippen molar-refractivity contribution in [2.24, 2.45) is 0 Å². The van der Waals surface area contributed by atoms with Crippen LogP contribution >= 0.6 is 0 Å². The van der Waals surface area contributed by atoms with Crippen LogP contribution in [0.1, 0.15) is 42.0 Å². The first kappa shape index (κ1) is 15.8. The first-order chi connectivity index (χ1) is 12.1. The molecule has 1 saturated carbocycles. The number of aryl methyl sites for hydroxylation is 1. The number of rotatable bonds is 5. The molecule has 4 rings (SSSR count). The highest BCUT2D eigenvalue weighted by Crippen LogP contribution is 2.42. The largest absolute Gasteiger partial charge is 0.332 e. The van der Waals surface area contributed by atoms with Gasteiger partial charge in [0.15, 0.2) is 0 Å². The first-order valence-corrected chi connectivity index (χ1v) is 8.76. The SMILES string of the molecule is O=C(Cc1ccc([N+](=O)[O-])cc1)N(C1CC1)[C@@H]1CCc2ccccc21. The predicted molar refractivity (Wildman–Crippen MR) is 94.2 cm³/mol. The number of nitro groups is 1. The van der Waals surface area contributed by atoms with Crippen LogP contribution in [0.15, 0.2) is 48.5 Å². The third-order valence-corrected chi connectivity index (χ3v) is 5.17. The molecule has 0 spiro atoms. The maximum atomic E-state index is 13.0. The summed E-state index contributed by atoms with van der Waals surface area (Å²) in [6.07, 6.45) is 4.46. The molecule has 0 unspecified atom stereocenters. The molecule has 5 nitrogen and oxygen atoms in total. The van der Waals surface area contributed by atoms with Gasteiger partial charge in [-0.1, -0.05) is 36.4 Å². The number of hydrogen-bond acceptors (Lipinski definition) is 3. The Morgan fingerprint density at radius 2 is 1.80 bits per heavy atom. The van der Waals surface area contributed by atoms with Gasteiger partial charge in [-0.3, -0.25) is 14.9 Å². The Kier molecular flexibility index (Phi) is 3.99. The number of amides is 1. The van der Waals surface area contributed by atoms with Gasteiger partial charge in [-0.15, -0.1) is 0 Å². The summed E-state index contributed by atoms with van der Waals surface area (Å²) in [6.45, 7) is 0. The third kappa shape index (κ3) is 3.14. The van der Waals surface area contributed by atoms with Crippen LogP contribution in [0, 0.1) is 10.1 Å². The van der Waals surface area contributed by atoms with E-state index in [1.165, 1.54) is 23.3 Å². The zero-order chi connectivity index (χ0) is 17.4. The van der Waals surface area contributed by atoms with Crippen molar-refractivity contribution in [3.8, 4) is 0 Å². The second-order valence-electron chi connectivity index (χ2n) is 6.89. The third-order valence-electron chi connectivity index (χ3n) is 5.17. The van der Waals surface area contributed by atoms with Gasteiger partial charge in [0.1, 0.15) is 0 Å². The molecule has 1 amide bonds. The molecule has 25 heavy (non-hydrogen) atoms. The highest BCUT2D eigenvalue weighted by Gasteiger charge is 2.40. The van der Waals surface area contributed by atoms with Crippen LogP contribution in [0.3, 0.4) is 0 Å². The van der Waals surface area contributed by atoms with Gasteiger partial charge < -0.3 is 4.90 Å². The molecule has 2 aliphatic carbocycles. The number of nitrogens with zero attached hydrogens (tertiary/aromatic N) is 2. The minimum atomic E-state index is -0.419. The van der Waals surface area contributed by atoms with Crippen LogP contribution in [0.2, 0.25) is 0 Å². The van der Waals surface area contributed by atoms with Crippen molar-refractivity contribution in [2.75, 3.05) is 0 Å². The molecule has 0 aliphatic heterocycles. The van der Waals surface area contributed by atoms with Gasteiger partial charge in [0, 0.05) is 18.2 Å². The minimum Gasteiger partial charge on any atom is -0.332 e. The molecule has 0 N–H and O–H groups in total. The first-order valence-electron chi connectivity index (χ1n) is 8.76. The van der Waals surface area contributed by atoms with Gasteiger partial charge in [0.25, 0.3) is 5.69 Å². The lowest BCUT2D eigenvalue weighted by Gasteiger charge is -2.30. The van der Waals surface area contributed by atoms with Crippen molar-refractivity contribution in [1.29, 1.82) is 0 Å². The number of benzene rings is 2. The van der Waals surface area contributed by atoms with Gasteiger partial charge in [0.2, 0.25) is 5.91 Å². The van der Waals surface area contributed by atoms with E-state index in [1.807, 2.05) is 6.07 Å². The normalized spacial score (nSPS) is 18.6. The standard InChI is InChI=1S/C20H20N2O3/c23-20(13-14-5-8-17(9-6-14)22(24)25)21(16-10-11-16)19-12-7-15-3-1-2-4-18(15)19/h1-6,8-9,16,19H,7,10-13H2/t19-/m1/s1. The summed E-state index contributed by atoms with van der Waals surface area (Å²) in [5, 5.41) is 10.8. The van der Waals surface area contributed by atoms with Crippen molar-refractivity contribution in [3.63, 3.8) is 0 Å². The second kappa shape index (κ2) is 6.31. The summed E-state index contributed by atoms with van der Waals surface area (Å²) in [4.78, 5) is 25.4. The van der Waals surface area contributed by atoms with Crippen molar-refractivity contribution < 1.29 is 9.72 Å². The fourth-order valence-electron chi connectivity index (χ4n) is 3.81. The number of nitro benzene ring substituents is 1. The molecule has 2 aromatic carbocycles. The van der Waals surface area contributed by atoms with Crippen LogP contribution in [-0.2, 0) is 17.6 Å². The van der Waals surface area contributed by atoms with Gasteiger partial charge in [-0.05, 0) is 42.4 Å². The molecule has 2 aliphatic rings. The molecule has 128 valence electrons. The van der Waals surface area contributed by atoms with E-state index >= 15 is 0 Å². The average molecular weight is 336 g/mol. The molecule has 0 bridgehead atoms. The molecule has 1 fully saturated rings. The van der Waals surface area contributed by atoms with Crippen LogP contribution in [0.25, 0.3) is 0 Å². The number of fused-ring (bicyclic) bond motifs is 1. The van der Waals surface area contributed by atoms with Crippen LogP contribution in [0.5, 0.6) is 0 Å². The molecular weight excluding hydrogens is 316 g/mol. The number of carbonyl (C=O) groups is 1. The van der Waals surface area contributed by atoms with Gasteiger partial charge in [0.05, 0.1) is 17.4 Å². The summed E-state index contributed by atoms with van der Waals surface area (Å²) in [7, 11) is 0. The lowest BCUT2D eigenvalue weighted by molar-refractivity contribution is -0.384. The van der Waals surface area contributed by atoms with Gasteiger partial charge in [-0.25, -0.2) is 0 Å². The number of hydrogen-bond donors (Lipinski definition) is 0. The molecule has 0 radical (unpaired) electrons. The predicted octanol–water partition coefficient (Wildman–Crippen LogP) is 3.82. The van der Waals surface area contributed by atoms with Crippen molar-refractivity contribution in [1.82, 2.24) is 4.90 Å². The summed E-state index contributed by atoms with van der Waals surface area (Å²) in [5.41, 5.74) is 3.51. The van der Waals surface area contributed by atoms with E-state index in [0.717, 1.165) is 31.2 Å². The Morgan fingerprint density at radius 3 is 2.48 bits per heavy atom. The Morgan fingerprint density at radius 1 is 1.08 bits per heavy atom. The van der Waals surface area contributed by atoms with E-state index in [0.29, 0.717) is 12.5 Å². The molecule has 0 aromatic heterocycles. The van der Waals surface area contributed by atoms with Crippen molar-refractivity contribution in [3.05, 3.63) is 75.3 Å². The summed E-state index contributed by atoms with van der Waals surface area (Å²) < 4.78 is 0. The highest BCUT2D eigenvalue weighted by atomic mass is 16.6. The van der Waals surface area contributed by atoms with E-state index in [4.69, 9.17) is 0 Å². The number of non-ortho nitro benzene ring substituents is 1. The maximum absolute atomic E-state index is 13.0. The smallest absolute Gasteiger partial charge is 0.269 e. The molecule has 2 aromatic rings. The van der Waals surface area contributed by atoms with Crippen molar-refractivity contribution >= 4 is 11.6 Å². The highest BCUT2D eigenvalue weighted by molar-refractivity contribution is 5.80. The Balaban J connectivity index is 1.53. The summed E-state index contributed by atoms with van der Waals surface area (Å²) in [5.74, 6) is 0.123. The number of carbonyl (C=O) groups excluding carboxylic acids is 1. The van der Waals surface area contributed by atoms with E-state index in [-0.39, 0.29) is 17.6 Å². The molecule has 0 saturated heterocycles. The van der Waals surface area contributed by atoms with Crippen LogP contribution in [0.4, 0.5) is 5.69 Å². The Hall–Kier alpha value is -2.69. The quantitative estimate of drug-likeness (QED) is 0.616. The van der Waals surface area contributed by atoms with Gasteiger partial charge >= 0.3 is 0 Å². The van der Waals surface area contributed by atoms with Crippen molar-refractivity contribution in [2.45, 2.75) is 44.2 Å². The topological polar surface area (TPSA) is 63.4 Å². The van der Waals surface area contributed by atoms with E-state index < -0.39 is 4.92 Å².